The van der Waals surface area contributed by atoms with Crippen LogP contribution in [0.4, 0.5) is 0 Å². The molecule has 0 aromatic heterocycles. The first kappa shape index (κ1) is 8.52. The van der Waals surface area contributed by atoms with Crippen LogP contribution >= 0.6 is 0 Å². The first-order valence-corrected chi connectivity index (χ1v) is 5.19. The first-order valence-electron chi connectivity index (χ1n) is 5.19. The molecule has 2 rings (SSSR count). The van der Waals surface area contributed by atoms with Crippen molar-refractivity contribution in [2.75, 3.05) is 13.2 Å². The Kier molecular flexibility index (Phi) is 2.66. The lowest BCUT2D eigenvalue weighted by Crippen LogP contribution is -2.36. The number of hydrogen-bond donors (Lipinski definition) is 1. The van der Waals surface area contributed by atoms with Gasteiger partial charge < -0.3 is 10.5 Å². The molecule has 2 N–H and O–H groups in total. The highest BCUT2D eigenvalue weighted by atomic mass is 16.5. The number of hydrogen-bond acceptors (Lipinski definition) is 2. The summed E-state index contributed by atoms with van der Waals surface area (Å²) in [5, 5.41) is 0. The highest BCUT2D eigenvalue weighted by Crippen LogP contribution is 2.35. The SMILES string of the molecule is NC(CC1CC1)C1CCCOC1. The van der Waals surface area contributed by atoms with E-state index in [9.17, 15) is 0 Å². The maximum Gasteiger partial charge on any atom is 0.0509 e. The standard InChI is InChI=1S/C10H19NO/c11-10(6-8-3-4-8)9-2-1-5-12-7-9/h8-10H,1-7,11H2. The molecule has 0 bridgehead atoms. The lowest BCUT2D eigenvalue weighted by Gasteiger charge is -2.27. The predicted molar refractivity (Wildman–Crippen MR) is 48.9 cm³/mol. The molecule has 0 amide bonds. The quantitative estimate of drug-likeness (QED) is 0.695. The molecule has 2 atom stereocenters. The number of nitrogens with two attached hydrogens (primary N) is 1. The van der Waals surface area contributed by atoms with E-state index in [4.69, 9.17) is 10.5 Å². The maximum atomic E-state index is 6.11. The summed E-state index contributed by atoms with van der Waals surface area (Å²) in [6.07, 6.45) is 6.58. The Hall–Kier alpha value is -0.0800. The van der Waals surface area contributed by atoms with Gasteiger partial charge in [-0.3, -0.25) is 0 Å². The largest absolute Gasteiger partial charge is 0.381 e. The molecule has 1 saturated heterocycles. The normalized spacial score (nSPS) is 33.2. The molecule has 2 heteroatoms. The fraction of sp³-hybridized carbons (Fsp3) is 1.00. The van der Waals surface area contributed by atoms with Gasteiger partial charge in [-0.1, -0.05) is 12.8 Å². The molecule has 1 heterocycles. The van der Waals surface area contributed by atoms with E-state index in [0.29, 0.717) is 12.0 Å². The number of ether oxygens (including phenoxy) is 1. The summed E-state index contributed by atoms with van der Waals surface area (Å²) in [7, 11) is 0. The molecule has 1 saturated carbocycles. The van der Waals surface area contributed by atoms with Crippen LogP contribution in [0.3, 0.4) is 0 Å². The van der Waals surface area contributed by atoms with Crippen molar-refractivity contribution < 1.29 is 4.74 Å². The molecule has 70 valence electrons. The van der Waals surface area contributed by atoms with Crippen molar-refractivity contribution in [3.05, 3.63) is 0 Å². The van der Waals surface area contributed by atoms with E-state index >= 15 is 0 Å². The van der Waals surface area contributed by atoms with Gasteiger partial charge in [0.25, 0.3) is 0 Å². The average molecular weight is 169 g/mol. The second kappa shape index (κ2) is 3.75. The summed E-state index contributed by atoms with van der Waals surface area (Å²) in [6, 6.07) is 0.415. The Morgan fingerprint density at radius 1 is 1.33 bits per heavy atom. The minimum atomic E-state index is 0.415. The maximum absolute atomic E-state index is 6.11. The smallest absolute Gasteiger partial charge is 0.0509 e. The predicted octanol–water partition coefficient (Wildman–Crippen LogP) is 1.54. The van der Waals surface area contributed by atoms with Crippen LogP contribution in [0.2, 0.25) is 0 Å². The molecule has 2 aliphatic rings. The zero-order chi connectivity index (χ0) is 8.39. The van der Waals surface area contributed by atoms with Crippen molar-refractivity contribution in [2.45, 2.75) is 38.1 Å². The summed E-state index contributed by atoms with van der Waals surface area (Å²) in [4.78, 5) is 0. The monoisotopic (exact) mass is 169 g/mol. The molecule has 2 fully saturated rings. The lowest BCUT2D eigenvalue weighted by molar-refractivity contribution is 0.0431. The minimum Gasteiger partial charge on any atom is -0.381 e. The summed E-state index contributed by atoms with van der Waals surface area (Å²) in [5.74, 6) is 1.61. The van der Waals surface area contributed by atoms with E-state index < -0.39 is 0 Å². The van der Waals surface area contributed by atoms with E-state index in [1.807, 2.05) is 0 Å². The van der Waals surface area contributed by atoms with Gasteiger partial charge in [-0.05, 0) is 31.1 Å². The molecular formula is C10H19NO. The van der Waals surface area contributed by atoms with Crippen LogP contribution in [0.25, 0.3) is 0 Å². The zero-order valence-corrected chi connectivity index (χ0v) is 7.67. The highest BCUT2D eigenvalue weighted by molar-refractivity contribution is 4.83. The first-order chi connectivity index (χ1) is 5.86. The van der Waals surface area contributed by atoms with Gasteiger partial charge in [0, 0.05) is 12.6 Å². The molecule has 2 nitrogen and oxygen atoms in total. The Morgan fingerprint density at radius 2 is 2.17 bits per heavy atom. The fourth-order valence-electron chi connectivity index (χ4n) is 2.03. The second-order valence-electron chi connectivity index (χ2n) is 4.32. The van der Waals surface area contributed by atoms with Crippen LogP contribution in [0.5, 0.6) is 0 Å². The van der Waals surface area contributed by atoms with Gasteiger partial charge in [0.15, 0.2) is 0 Å². The summed E-state index contributed by atoms with van der Waals surface area (Å²) < 4.78 is 5.43. The molecule has 1 aliphatic heterocycles. The van der Waals surface area contributed by atoms with E-state index in [1.165, 1.54) is 32.1 Å². The van der Waals surface area contributed by atoms with E-state index in [0.717, 1.165) is 19.1 Å². The van der Waals surface area contributed by atoms with Crippen LogP contribution in [0.1, 0.15) is 32.1 Å². The van der Waals surface area contributed by atoms with E-state index in [1.54, 1.807) is 0 Å². The van der Waals surface area contributed by atoms with Crippen molar-refractivity contribution in [3.63, 3.8) is 0 Å². The molecule has 0 spiro atoms. The van der Waals surface area contributed by atoms with Crippen LogP contribution in [0.15, 0.2) is 0 Å². The highest BCUT2D eigenvalue weighted by Gasteiger charge is 2.28. The molecule has 0 aromatic rings. The third kappa shape index (κ3) is 2.20. The lowest BCUT2D eigenvalue weighted by atomic mass is 9.91. The van der Waals surface area contributed by atoms with Gasteiger partial charge in [-0.2, -0.15) is 0 Å². The van der Waals surface area contributed by atoms with Crippen molar-refractivity contribution in [2.24, 2.45) is 17.6 Å². The second-order valence-corrected chi connectivity index (χ2v) is 4.32. The summed E-state index contributed by atoms with van der Waals surface area (Å²) in [5.41, 5.74) is 6.11. The van der Waals surface area contributed by atoms with Crippen molar-refractivity contribution >= 4 is 0 Å². The zero-order valence-electron chi connectivity index (χ0n) is 7.67. The van der Waals surface area contributed by atoms with Gasteiger partial charge >= 0.3 is 0 Å². The van der Waals surface area contributed by atoms with E-state index in [-0.39, 0.29) is 0 Å². The topological polar surface area (TPSA) is 35.2 Å². The minimum absolute atomic E-state index is 0.415. The Bertz CT molecular complexity index is 139. The molecule has 0 radical (unpaired) electrons. The fourth-order valence-corrected chi connectivity index (χ4v) is 2.03. The summed E-state index contributed by atoms with van der Waals surface area (Å²) >= 11 is 0. The van der Waals surface area contributed by atoms with Crippen LogP contribution in [-0.4, -0.2) is 19.3 Å². The molecule has 12 heavy (non-hydrogen) atoms. The van der Waals surface area contributed by atoms with Gasteiger partial charge in [0.1, 0.15) is 0 Å². The molecule has 1 aliphatic carbocycles. The van der Waals surface area contributed by atoms with Gasteiger partial charge in [0.2, 0.25) is 0 Å². The van der Waals surface area contributed by atoms with E-state index in [2.05, 4.69) is 0 Å². The van der Waals surface area contributed by atoms with Crippen molar-refractivity contribution in [1.82, 2.24) is 0 Å². The van der Waals surface area contributed by atoms with Crippen molar-refractivity contribution in [1.29, 1.82) is 0 Å². The molecule has 0 aromatic carbocycles. The van der Waals surface area contributed by atoms with Crippen LogP contribution in [-0.2, 0) is 4.74 Å². The third-order valence-electron chi connectivity index (χ3n) is 3.10. The van der Waals surface area contributed by atoms with Gasteiger partial charge in [-0.15, -0.1) is 0 Å². The molecular weight excluding hydrogens is 150 g/mol. The average Bonchev–Trinajstić information content (AvgIpc) is 2.90. The summed E-state index contributed by atoms with van der Waals surface area (Å²) in [6.45, 7) is 1.86. The van der Waals surface area contributed by atoms with Crippen LogP contribution in [0, 0.1) is 11.8 Å². The van der Waals surface area contributed by atoms with Crippen LogP contribution < -0.4 is 5.73 Å². The van der Waals surface area contributed by atoms with Gasteiger partial charge in [0.05, 0.1) is 6.61 Å². The third-order valence-corrected chi connectivity index (χ3v) is 3.10. The van der Waals surface area contributed by atoms with Gasteiger partial charge in [-0.25, -0.2) is 0 Å². The Labute approximate surface area is 74.5 Å². The Balaban J connectivity index is 1.72. The molecule has 2 unspecified atom stereocenters. The van der Waals surface area contributed by atoms with Crippen molar-refractivity contribution in [3.8, 4) is 0 Å². The Morgan fingerprint density at radius 3 is 2.75 bits per heavy atom. The number of rotatable bonds is 3.